The van der Waals surface area contributed by atoms with Crippen LogP contribution in [0.4, 0.5) is 24.0 Å². The lowest BCUT2D eigenvalue weighted by molar-refractivity contribution is 0.0248. The van der Waals surface area contributed by atoms with Gasteiger partial charge in [-0.15, -0.1) is 0 Å². The van der Waals surface area contributed by atoms with E-state index in [0.29, 0.717) is 76.7 Å². The zero-order chi connectivity index (χ0) is 57.9. The average Bonchev–Trinajstić information content (AvgIpc) is 3.26. The normalized spacial score (nSPS) is 12.4. The van der Waals surface area contributed by atoms with Crippen molar-refractivity contribution in [2.75, 3.05) is 98.4 Å². The van der Waals surface area contributed by atoms with Gasteiger partial charge in [0.05, 0.1) is 0 Å². The van der Waals surface area contributed by atoms with Crippen molar-refractivity contribution in [1.82, 2.24) is 25.3 Å². The van der Waals surface area contributed by atoms with E-state index in [1.807, 2.05) is 163 Å². The number of carbonyl (C=O) groups is 5. The van der Waals surface area contributed by atoms with Crippen LogP contribution in [0.15, 0.2) is 0 Å². The summed E-state index contributed by atoms with van der Waals surface area (Å²) in [6, 6.07) is 0. The molecule has 0 aromatic carbocycles. The van der Waals surface area contributed by atoms with E-state index in [9.17, 15) is 24.0 Å². The Morgan fingerprint density at radius 3 is 0.934 bits per heavy atom. The number of amides is 5. The zero-order valence-electron chi connectivity index (χ0n) is 49.9. The largest absolute Gasteiger partial charge is 0.444 e. The minimum absolute atomic E-state index is 0.0870. The maximum absolute atomic E-state index is 13.4. The molecule has 0 spiro atoms. The number of nitrogens with zero attached hydrogens (tertiary/aromatic N) is 3. The molecule has 0 aliphatic rings. The van der Waals surface area contributed by atoms with Gasteiger partial charge in [-0.05, 0) is 130 Å². The lowest BCUT2D eigenvalue weighted by Crippen LogP contribution is -2.40. The van der Waals surface area contributed by atoms with Gasteiger partial charge in [0.25, 0.3) is 0 Å². The predicted molar refractivity (Wildman–Crippen MR) is 337 cm³/mol. The van der Waals surface area contributed by atoms with Gasteiger partial charge in [0, 0.05) is 104 Å². The monoisotopic (exact) mass is 1230 g/mol. The van der Waals surface area contributed by atoms with Gasteiger partial charge in [-0.25, -0.2) is 24.0 Å². The van der Waals surface area contributed by atoms with Gasteiger partial charge >= 0.3 is 30.5 Å². The second-order valence-corrected chi connectivity index (χ2v) is 33.9. The van der Waals surface area contributed by atoms with Crippen LogP contribution in [-0.2, 0) is 23.7 Å². The summed E-state index contributed by atoms with van der Waals surface area (Å²) in [6.45, 7) is 36.0. The van der Waals surface area contributed by atoms with E-state index in [1.165, 1.54) is 32.1 Å². The van der Waals surface area contributed by atoms with E-state index < -0.39 is 40.2 Å². The summed E-state index contributed by atoms with van der Waals surface area (Å²) < 4.78 is 28.2. The van der Waals surface area contributed by atoms with Crippen molar-refractivity contribution in [3.63, 3.8) is 0 Å². The lowest BCUT2D eigenvalue weighted by atomic mass is 9.99. The summed E-state index contributed by atoms with van der Waals surface area (Å²) in [5.41, 5.74) is -3.16. The zero-order valence-corrected chi connectivity index (χ0v) is 56.4. The maximum atomic E-state index is 13.4. The molecule has 0 unspecified atom stereocenters. The van der Waals surface area contributed by atoms with Crippen LogP contribution < -0.4 is 10.6 Å². The Morgan fingerprint density at radius 2 is 0.632 bits per heavy atom. The Bertz CT molecular complexity index is 1530. The molecule has 5 amide bonds. The molecule has 0 aliphatic heterocycles. The van der Waals surface area contributed by atoms with Crippen molar-refractivity contribution in [2.45, 2.75) is 203 Å². The number of carbonyl (C=O) groups excluding carboxylic acids is 5. The maximum Gasteiger partial charge on any atom is 0.410 e. The van der Waals surface area contributed by atoms with Gasteiger partial charge in [-0.2, -0.15) is 0 Å². The van der Waals surface area contributed by atoms with Gasteiger partial charge in [0.1, 0.15) is 28.0 Å². The Morgan fingerprint density at radius 1 is 0.342 bits per heavy atom. The first-order valence-electron chi connectivity index (χ1n) is 27.1. The van der Waals surface area contributed by atoms with Crippen LogP contribution in [0.5, 0.6) is 0 Å². The standard InChI is InChI=1S/C53H103N5O10S8/c1-18-20-22-23-24-35-69-73-39-53(40-74-70-36-32-56(29-21-19-2)45(61)66-50(9,10)11,41-75-71-37-33-57(46(62)67-51(12,13)14)30-25-27-54-43(59)64-48(3,4)5)42-76-72-38-34-58(47(63)68-52(15,16)17)31-26-28-55-44(60)65-49(6,7)8/h18-42H2,1-17H3,(H,54,59)(H,55,60). The number of nitrogens with one attached hydrogen (secondary N) is 2. The second-order valence-electron chi connectivity index (χ2n) is 23.6. The Hall–Kier alpha value is -0.850. The molecule has 0 atom stereocenters. The first-order valence-corrected chi connectivity index (χ1v) is 37.1. The molecule has 0 saturated heterocycles. The van der Waals surface area contributed by atoms with E-state index >= 15 is 0 Å². The first kappa shape index (κ1) is 75.2. The van der Waals surface area contributed by atoms with Crippen molar-refractivity contribution < 1.29 is 47.7 Å². The molecule has 0 heterocycles. The highest BCUT2D eigenvalue weighted by atomic mass is 33.1. The van der Waals surface area contributed by atoms with Crippen molar-refractivity contribution >= 4 is 117 Å². The van der Waals surface area contributed by atoms with Crippen LogP contribution in [0.1, 0.15) is 175 Å². The molecule has 0 radical (unpaired) electrons. The van der Waals surface area contributed by atoms with Crippen molar-refractivity contribution in [3.8, 4) is 0 Å². The van der Waals surface area contributed by atoms with E-state index in [2.05, 4.69) is 24.5 Å². The quantitative estimate of drug-likeness (QED) is 0.0340. The first-order chi connectivity index (χ1) is 35.3. The average molecular weight is 1230 g/mol. The summed E-state index contributed by atoms with van der Waals surface area (Å²) in [5, 5.41) is 5.60. The summed E-state index contributed by atoms with van der Waals surface area (Å²) in [7, 11) is 14.8. The fourth-order valence-corrected chi connectivity index (χ4v) is 17.6. The van der Waals surface area contributed by atoms with Crippen molar-refractivity contribution in [1.29, 1.82) is 0 Å². The van der Waals surface area contributed by atoms with Gasteiger partial charge in [-0.1, -0.05) is 132 Å². The number of alkyl carbamates (subject to hydrolysis) is 2. The van der Waals surface area contributed by atoms with Gasteiger partial charge in [0.15, 0.2) is 0 Å². The lowest BCUT2D eigenvalue weighted by Gasteiger charge is -2.33. The fourth-order valence-electron chi connectivity index (χ4n) is 6.12. The number of unbranched alkanes of at least 4 members (excludes halogenated alkanes) is 5. The smallest absolute Gasteiger partial charge is 0.410 e. The molecule has 0 aromatic heterocycles. The third-order valence-corrected chi connectivity index (χ3v) is 20.2. The molecule has 0 aromatic rings. The molecule has 76 heavy (non-hydrogen) atoms. The summed E-state index contributed by atoms with van der Waals surface area (Å²) in [6.07, 6.45) is 7.23. The molecule has 0 saturated carbocycles. The van der Waals surface area contributed by atoms with E-state index in [4.69, 9.17) is 23.7 Å². The summed E-state index contributed by atoms with van der Waals surface area (Å²) in [4.78, 5) is 70.0. The fraction of sp³-hybridized carbons (Fsp3) is 0.906. The van der Waals surface area contributed by atoms with Crippen LogP contribution in [0.25, 0.3) is 0 Å². The number of rotatable bonds is 38. The van der Waals surface area contributed by atoms with Crippen LogP contribution in [-0.4, -0.2) is 172 Å². The van der Waals surface area contributed by atoms with E-state index in [1.54, 1.807) is 42.2 Å². The summed E-state index contributed by atoms with van der Waals surface area (Å²) in [5.74, 6) is 6.86. The minimum atomic E-state index is -0.652. The molecule has 2 N–H and O–H groups in total. The molecule has 0 rings (SSSR count). The Balaban J connectivity index is 6.39. The van der Waals surface area contributed by atoms with Crippen LogP contribution in [0.3, 0.4) is 0 Å². The third-order valence-electron chi connectivity index (χ3n) is 9.74. The molecule has 0 bridgehead atoms. The third kappa shape index (κ3) is 44.8. The highest BCUT2D eigenvalue weighted by Crippen LogP contribution is 2.45. The highest BCUT2D eigenvalue weighted by molar-refractivity contribution is 8.78. The molecule has 15 nitrogen and oxygen atoms in total. The van der Waals surface area contributed by atoms with E-state index in [-0.39, 0.29) is 23.7 Å². The Kier molecular flexibility index (Phi) is 39.9. The second kappa shape index (κ2) is 40.4. The van der Waals surface area contributed by atoms with Gasteiger partial charge in [-0.3, -0.25) is 0 Å². The number of hydrogen-bond donors (Lipinski definition) is 2. The number of hydrogen-bond acceptors (Lipinski definition) is 18. The molecule has 0 fully saturated rings. The molecule has 448 valence electrons. The Labute approximate surface area is 493 Å². The van der Waals surface area contributed by atoms with Gasteiger partial charge in [0.2, 0.25) is 0 Å². The van der Waals surface area contributed by atoms with Crippen molar-refractivity contribution in [2.24, 2.45) is 5.41 Å². The highest BCUT2D eigenvalue weighted by Gasteiger charge is 2.33. The predicted octanol–water partition coefficient (Wildman–Crippen LogP) is 15.8. The summed E-state index contributed by atoms with van der Waals surface area (Å²) >= 11 is 0. The van der Waals surface area contributed by atoms with Crippen molar-refractivity contribution in [3.05, 3.63) is 0 Å². The molecular formula is C53H103N5O10S8. The molecule has 0 aliphatic carbocycles. The minimum Gasteiger partial charge on any atom is -0.444 e. The molecule has 23 heteroatoms. The van der Waals surface area contributed by atoms with Crippen LogP contribution >= 0.6 is 86.4 Å². The van der Waals surface area contributed by atoms with Gasteiger partial charge < -0.3 is 49.0 Å². The number of ether oxygens (including phenoxy) is 5. The topological polar surface area (TPSA) is 165 Å². The van der Waals surface area contributed by atoms with E-state index in [0.717, 1.165) is 47.4 Å². The van der Waals surface area contributed by atoms with Crippen LogP contribution in [0.2, 0.25) is 0 Å². The SMILES string of the molecule is CCCCCCCSSCC(CSSCCN(CCCC)C(=O)OC(C)(C)C)(CSSCCN(CCCNC(=O)OC(C)(C)C)C(=O)OC(C)(C)C)CSSCCN(CCCNC(=O)OC(C)(C)C)C(=O)OC(C)(C)C. The molecular weight excluding hydrogens is 1120 g/mol. The van der Waals surface area contributed by atoms with Crippen LogP contribution in [0, 0.1) is 5.41 Å².